The minimum absolute atomic E-state index is 0.0751. The number of hydrogen-bond donors (Lipinski definition) is 1. The molecule has 1 aromatic heterocycles. The van der Waals surface area contributed by atoms with Crippen LogP contribution in [0.1, 0.15) is 5.69 Å². The quantitative estimate of drug-likeness (QED) is 0.880. The second kappa shape index (κ2) is 4.23. The Morgan fingerprint density at radius 3 is 2.67 bits per heavy atom. The molecule has 0 fully saturated rings. The SMILES string of the molecule is OCc1cn(-c2ccc(Cl)c(Cl)c2)cn1. The van der Waals surface area contributed by atoms with Crippen molar-refractivity contribution in [3.63, 3.8) is 0 Å². The third-order valence-corrected chi connectivity index (χ3v) is 2.74. The largest absolute Gasteiger partial charge is 0.390 e. The Morgan fingerprint density at radius 2 is 2.07 bits per heavy atom. The van der Waals surface area contributed by atoms with E-state index in [0.717, 1.165) is 5.69 Å². The lowest BCUT2D eigenvalue weighted by Crippen LogP contribution is -1.89. The van der Waals surface area contributed by atoms with Crippen molar-refractivity contribution in [1.29, 1.82) is 0 Å². The summed E-state index contributed by atoms with van der Waals surface area (Å²) < 4.78 is 1.77. The highest BCUT2D eigenvalue weighted by Gasteiger charge is 2.02. The molecule has 3 nitrogen and oxygen atoms in total. The van der Waals surface area contributed by atoms with E-state index in [-0.39, 0.29) is 6.61 Å². The highest BCUT2D eigenvalue weighted by molar-refractivity contribution is 6.42. The van der Waals surface area contributed by atoms with E-state index >= 15 is 0 Å². The second-order valence-electron chi connectivity index (χ2n) is 3.03. The van der Waals surface area contributed by atoms with Gasteiger partial charge in [-0.05, 0) is 18.2 Å². The average molecular weight is 243 g/mol. The highest BCUT2D eigenvalue weighted by atomic mass is 35.5. The number of rotatable bonds is 2. The van der Waals surface area contributed by atoms with E-state index < -0.39 is 0 Å². The number of aliphatic hydroxyl groups excluding tert-OH is 1. The fourth-order valence-corrected chi connectivity index (χ4v) is 1.52. The lowest BCUT2D eigenvalue weighted by Gasteiger charge is -2.03. The maximum atomic E-state index is 8.87. The molecule has 2 aromatic rings. The molecule has 15 heavy (non-hydrogen) atoms. The summed E-state index contributed by atoms with van der Waals surface area (Å²) >= 11 is 11.7. The van der Waals surface area contributed by atoms with E-state index in [1.165, 1.54) is 0 Å². The van der Waals surface area contributed by atoms with Crippen molar-refractivity contribution in [3.8, 4) is 5.69 Å². The van der Waals surface area contributed by atoms with E-state index in [0.29, 0.717) is 15.7 Å². The minimum atomic E-state index is -0.0751. The van der Waals surface area contributed by atoms with Crippen LogP contribution in [-0.2, 0) is 6.61 Å². The van der Waals surface area contributed by atoms with Crippen LogP contribution >= 0.6 is 23.2 Å². The molecule has 0 aliphatic carbocycles. The molecule has 1 heterocycles. The average Bonchev–Trinajstić information content (AvgIpc) is 2.70. The first-order valence-corrected chi connectivity index (χ1v) is 5.05. The Kier molecular flexibility index (Phi) is 2.95. The maximum Gasteiger partial charge on any atom is 0.0996 e. The van der Waals surface area contributed by atoms with Crippen molar-refractivity contribution in [3.05, 3.63) is 46.5 Å². The third-order valence-electron chi connectivity index (χ3n) is 2.00. The van der Waals surface area contributed by atoms with E-state index in [2.05, 4.69) is 4.98 Å². The zero-order valence-corrected chi connectivity index (χ0v) is 9.20. The maximum absolute atomic E-state index is 8.87. The van der Waals surface area contributed by atoms with Crippen LogP contribution in [0.15, 0.2) is 30.7 Å². The summed E-state index contributed by atoms with van der Waals surface area (Å²) in [5.41, 5.74) is 1.47. The van der Waals surface area contributed by atoms with E-state index in [4.69, 9.17) is 28.3 Å². The van der Waals surface area contributed by atoms with Crippen LogP contribution in [0.3, 0.4) is 0 Å². The molecule has 78 valence electrons. The van der Waals surface area contributed by atoms with E-state index in [1.807, 2.05) is 6.07 Å². The summed E-state index contributed by atoms with van der Waals surface area (Å²) in [6.07, 6.45) is 3.35. The van der Waals surface area contributed by atoms with Gasteiger partial charge in [0.05, 0.1) is 28.7 Å². The predicted molar refractivity (Wildman–Crippen MR) is 59.5 cm³/mol. The Balaban J connectivity index is 2.40. The number of benzene rings is 1. The molecule has 0 aliphatic heterocycles. The van der Waals surface area contributed by atoms with Gasteiger partial charge in [-0.3, -0.25) is 0 Å². The number of imidazole rings is 1. The van der Waals surface area contributed by atoms with Crippen LogP contribution in [0, 0.1) is 0 Å². The van der Waals surface area contributed by atoms with Crippen molar-refractivity contribution >= 4 is 23.2 Å². The standard InChI is InChI=1S/C10H8Cl2N2O/c11-9-2-1-8(3-10(9)12)14-4-7(5-15)13-6-14/h1-4,6,15H,5H2. The Morgan fingerprint density at radius 1 is 1.27 bits per heavy atom. The zero-order chi connectivity index (χ0) is 10.8. The van der Waals surface area contributed by atoms with Crippen LogP contribution in [0.2, 0.25) is 10.0 Å². The fraction of sp³-hybridized carbons (Fsp3) is 0.100. The van der Waals surface area contributed by atoms with Crippen molar-refractivity contribution in [2.24, 2.45) is 0 Å². The van der Waals surface area contributed by atoms with Gasteiger partial charge in [-0.1, -0.05) is 23.2 Å². The van der Waals surface area contributed by atoms with Crippen LogP contribution in [-0.4, -0.2) is 14.7 Å². The Labute approximate surface area is 96.9 Å². The van der Waals surface area contributed by atoms with Crippen molar-refractivity contribution < 1.29 is 5.11 Å². The number of halogens is 2. The fourth-order valence-electron chi connectivity index (χ4n) is 1.23. The van der Waals surface area contributed by atoms with Gasteiger partial charge in [0.2, 0.25) is 0 Å². The molecule has 0 unspecified atom stereocenters. The molecule has 2 rings (SSSR count). The molecular weight excluding hydrogens is 235 g/mol. The molecule has 5 heteroatoms. The van der Waals surface area contributed by atoms with Crippen LogP contribution in [0.25, 0.3) is 5.69 Å². The minimum Gasteiger partial charge on any atom is -0.390 e. The van der Waals surface area contributed by atoms with Crippen molar-refractivity contribution in [2.75, 3.05) is 0 Å². The van der Waals surface area contributed by atoms with Gasteiger partial charge >= 0.3 is 0 Å². The third kappa shape index (κ3) is 2.15. The van der Waals surface area contributed by atoms with Gasteiger partial charge in [0.1, 0.15) is 0 Å². The number of hydrogen-bond acceptors (Lipinski definition) is 2. The lowest BCUT2D eigenvalue weighted by molar-refractivity contribution is 0.277. The zero-order valence-electron chi connectivity index (χ0n) is 7.69. The number of nitrogens with zero attached hydrogens (tertiary/aromatic N) is 2. The van der Waals surface area contributed by atoms with Crippen molar-refractivity contribution in [2.45, 2.75) is 6.61 Å². The summed E-state index contributed by atoms with van der Waals surface area (Å²) in [6.45, 7) is -0.0751. The molecule has 0 saturated carbocycles. The van der Waals surface area contributed by atoms with Crippen molar-refractivity contribution in [1.82, 2.24) is 9.55 Å². The summed E-state index contributed by atoms with van der Waals surface area (Å²) in [4.78, 5) is 4.00. The molecular formula is C10H8Cl2N2O. The summed E-state index contributed by atoms with van der Waals surface area (Å²) in [6, 6.07) is 5.29. The van der Waals surface area contributed by atoms with Crippen LogP contribution in [0.5, 0.6) is 0 Å². The summed E-state index contributed by atoms with van der Waals surface area (Å²) in [7, 11) is 0. The molecule has 0 aliphatic rings. The molecule has 0 spiro atoms. The Bertz CT molecular complexity index is 482. The van der Waals surface area contributed by atoms with Gasteiger partial charge in [-0.25, -0.2) is 4.98 Å². The normalized spacial score (nSPS) is 10.6. The first-order chi connectivity index (χ1) is 7.20. The van der Waals surface area contributed by atoms with Gasteiger partial charge in [0, 0.05) is 11.9 Å². The van der Waals surface area contributed by atoms with Gasteiger partial charge in [0.15, 0.2) is 0 Å². The van der Waals surface area contributed by atoms with Gasteiger partial charge in [-0.2, -0.15) is 0 Å². The van der Waals surface area contributed by atoms with Gasteiger partial charge in [-0.15, -0.1) is 0 Å². The van der Waals surface area contributed by atoms with E-state index in [1.54, 1.807) is 29.2 Å². The number of aromatic nitrogens is 2. The van der Waals surface area contributed by atoms with Gasteiger partial charge < -0.3 is 9.67 Å². The highest BCUT2D eigenvalue weighted by Crippen LogP contribution is 2.24. The van der Waals surface area contributed by atoms with Crippen LogP contribution < -0.4 is 0 Å². The Hall–Kier alpha value is -1.03. The molecule has 0 radical (unpaired) electrons. The monoisotopic (exact) mass is 242 g/mol. The molecule has 0 atom stereocenters. The smallest absolute Gasteiger partial charge is 0.0996 e. The summed E-state index contributed by atoms with van der Waals surface area (Å²) in [5.74, 6) is 0. The molecule has 0 amide bonds. The van der Waals surface area contributed by atoms with E-state index in [9.17, 15) is 0 Å². The predicted octanol–water partition coefficient (Wildman–Crippen LogP) is 2.67. The molecule has 1 N–H and O–H groups in total. The molecule has 1 aromatic carbocycles. The van der Waals surface area contributed by atoms with Gasteiger partial charge in [0.25, 0.3) is 0 Å². The lowest BCUT2D eigenvalue weighted by atomic mass is 10.3. The first-order valence-electron chi connectivity index (χ1n) is 4.30. The molecule has 0 bridgehead atoms. The number of aliphatic hydroxyl groups is 1. The summed E-state index contributed by atoms with van der Waals surface area (Å²) in [5, 5.41) is 9.88. The topological polar surface area (TPSA) is 38.0 Å². The first kappa shape index (κ1) is 10.5. The second-order valence-corrected chi connectivity index (χ2v) is 3.84. The molecule has 0 saturated heterocycles. The van der Waals surface area contributed by atoms with Crippen LogP contribution in [0.4, 0.5) is 0 Å².